The van der Waals surface area contributed by atoms with Crippen LogP contribution in [-0.4, -0.2) is 27.6 Å². The number of aromatic nitrogens is 3. The van der Waals surface area contributed by atoms with Crippen molar-refractivity contribution in [1.82, 2.24) is 15.1 Å². The summed E-state index contributed by atoms with van der Waals surface area (Å²) < 4.78 is 11.1. The van der Waals surface area contributed by atoms with Gasteiger partial charge < -0.3 is 14.6 Å². The standard InChI is InChI=1S/C22H18N4O3/c1-15-9-11-16(12-10-15)21-25-22(29-26-21)17-6-2-3-7-18(17)28-14-20(27)24-19-8-4-5-13-23-19/h2-13H,14H2,1H3,(H,23,24,27). The molecule has 1 amide bonds. The first-order valence-electron chi connectivity index (χ1n) is 9.03. The molecule has 0 unspecified atom stereocenters. The van der Waals surface area contributed by atoms with Gasteiger partial charge in [-0.2, -0.15) is 4.98 Å². The van der Waals surface area contributed by atoms with Crippen LogP contribution < -0.4 is 10.1 Å². The highest BCUT2D eigenvalue weighted by molar-refractivity contribution is 5.91. The van der Waals surface area contributed by atoms with Crippen molar-refractivity contribution in [2.24, 2.45) is 0 Å². The van der Waals surface area contributed by atoms with E-state index in [1.807, 2.05) is 43.3 Å². The minimum absolute atomic E-state index is 0.174. The van der Waals surface area contributed by atoms with Crippen molar-refractivity contribution < 1.29 is 14.1 Å². The van der Waals surface area contributed by atoms with Crippen LogP contribution in [0.4, 0.5) is 5.82 Å². The smallest absolute Gasteiger partial charge is 0.263 e. The van der Waals surface area contributed by atoms with Gasteiger partial charge in [0, 0.05) is 11.8 Å². The predicted molar refractivity (Wildman–Crippen MR) is 108 cm³/mol. The molecule has 1 N–H and O–H groups in total. The van der Waals surface area contributed by atoms with E-state index in [0.29, 0.717) is 28.8 Å². The average molecular weight is 386 g/mol. The largest absolute Gasteiger partial charge is 0.483 e. The van der Waals surface area contributed by atoms with Gasteiger partial charge in [-0.05, 0) is 31.2 Å². The first kappa shape index (κ1) is 18.4. The van der Waals surface area contributed by atoms with Gasteiger partial charge in [-0.25, -0.2) is 4.98 Å². The van der Waals surface area contributed by atoms with Gasteiger partial charge in [-0.1, -0.05) is 53.2 Å². The molecule has 2 heterocycles. The second-order valence-electron chi connectivity index (χ2n) is 6.34. The van der Waals surface area contributed by atoms with Crippen LogP contribution in [0.2, 0.25) is 0 Å². The number of hydrogen-bond donors (Lipinski definition) is 1. The van der Waals surface area contributed by atoms with E-state index >= 15 is 0 Å². The fraction of sp³-hybridized carbons (Fsp3) is 0.0909. The summed E-state index contributed by atoms with van der Waals surface area (Å²) >= 11 is 0. The Morgan fingerprint density at radius 2 is 1.83 bits per heavy atom. The Bertz CT molecular complexity index is 1110. The molecule has 0 radical (unpaired) electrons. The van der Waals surface area contributed by atoms with Crippen LogP contribution in [0.3, 0.4) is 0 Å². The van der Waals surface area contributed by atoms with Gasteiger partial charge >= 0.3 is 0 Å². The average Bonchev–Trinajstić information content (AvgIpc) is 3.24. The zero-order valence-electron chi connectivity index (χ0n) is 15.7. The van der Waals surface area contributed by atoms with Gasteiger partial charge in [0.05, 0.1) is 5.56 Å². The number of aryl methyl sites for hydroxylation is 1. The van der Waals surface area contributed by atoms with Crippen molar-refractivity contribution in [3.63, 3.8) is 0 Å². The highest BCUT2D eigenvalue weighted by Gasteiger charge is 2.15. The predicted octanol–water partition coefficient (Wildman–Crippen LogP) is 4.12. The number of nitrogens with one attached hydrogen (secondary N) is 1. The molecule has 0 aliphatic carbocycles. The van der Waals surface area contributed by atoms with E-state index in [1.165, 1.54) is 0 Å². The maximum atomic E-state index is 12.1. The Hall–Kier alpha value is -4.00. The van der Waals surface area contributed by atoms with Gasteiger partial charge in [-0.15, -0.1) is 0 Å². The monoisotopic (exact) mass is 386 g/mol. The molecule has 0 saturated heterocycles. The van der Waals surface area contributed by atoms with Crippen LogP contribution >= 0.6 is 0 Å². The summed E-state index contributed by atoms with van der Waals surface area (Å²) in [6.45, 7) is 1.84. The third-order valence-electron chi connectivity index (χ3n) is 4.14. The molecule has 0 aliphatic rings. The Labute approximate surface area is 167 Å². The number of hydrogen-bond acceptors (Lipinski definition) is 6. The lowest BCUT2D eigenvalue weighted by molar-refractivity contribution is -0.118. The minimum Gasteiger partial charge on any atom is -0.483 e. The summed E-state index contributed by atoms with van der Waals surface area (Å²) in [7, 11) is 0. The summed E-state index contributed by atoms with van der Waals surface area (Å²) in [5.41, 5.74) is 2.63. The van der Waals surface area contributed by atoms with Gasteiger partial charge in [0.25, 0.3) is 11.8 Å². The number of carbonyl (C=O) groups is 1. The quantitative estimate of drug-likeness (QED) is 0.536. The first-order valence-corrected chi connectivity index (χ1v) is 9.03. The number of pyridine rings is 1. The second kappa shape index (κ2) is 8.35. The van der Waals surface area contributed by atoms with Crippen LogP contribution in [0.15, 0.2) is 77.4 Å². The highest BCUT2D eigenvalue weighted by atomic mass is 16.5. The number of benzene rings is 2. The molecular weight excluding hydrogens is 368 g/mol. The third-order valence-corrected chi connectivity index (χ3v) is 4.14. The zero-order valence-corrected chi connectivity index (χ0v) is 15.7. The van der Waals surface area contributed by atoms with Crippen LogP contribution in [0, 0.1) is 6.92 Å². The topological polar surface area (TPSA) is 90.1 Å². The van der Waals surface area contributed by atoms with Crippen molar-refractivity contribution in [2.75, 3.05) is 11.9 Å². The number of nitrogens with zero attached hydrogens (tertiary/aromatic N) is 3. The molecule has 0 saturated carbocycles. The van der Waals surface area contributed by atoms with E-state index in [1.54, 1.807) is 36.5 Å². The molecule has 0 aliphatic heterocycles. The van der Waals surface area contributed by atoms with E-state index in [2.05, 4.69) is 20.4 Å². The number of ether oxygens (including phenoxy) is 1. The van der Waals surface area contributed by atoms with E-state index in [-0.39, 0.29) is 12.5 Å². The molecule has 0 spiro atoms. The lowest BCUT2D eigenvalue weighted by Gasteiger charge is -2.09. The fourth-order valence-electron chi connectivity index (χ4n) is 2.68. The van der Waals surface area contributed by atoms with E-state index < -0.39 is 0 Å². The molecule has 7 nitrogen and oxygen atoms in total. The summed E-state index contributed by atoms with van der Waals surface area (Å²) in [5.74, 6) is 1.44. The number of anilines is 1. The minimum atomic E-state index is -0.315. The molecule has 4 rings (SSSR count). The van der Waals surface area contributed by atoms with Gasteiger partial charge in [0.15, 0.2) is 6.61 Å². The van der Waals surface area contributed by atoms with E-state index in [4.69, 9.17) is 9.26 Å². The van der Waals surface area contributed by atoms with Crippen LogP contribution in [0.1, 0.15) is 5.56 Å². The molecule has 0 bridgehead atoms. The molecule has 0 fully saturated rings. The van der Waals surface area contributed by atoms with Crippen LogP contribution in [-0.2, 0) is 4.79 Å². The molecule has 29 heavy (non-hydrogen) atoms. The Morgan fingerprint density at radius 3 is 2.62 bits per heavy atom. The van der Waals surface area contributed by atoms with E-state index in [0.717, 1.165) is 11.1 Å². The van der Waals surface area contributed by atoms with E-state index in [9.17, 15) is 4.79 Å². The van der Waals surface area contributed by atoms with Crippen molar-refractivity contribution in [1.29, 1.82) is 0 Å². The molecule has 4 aromatic rings. The molecule has 0 atom stereocenters. The molecule has 2 aromatic heterocycles. The summed E-state index contributed by atoms with van der Waals surface area (Å²) in [4.78, 5) is 20.6. The highest BCUT2D eigenvalue weighted by Crippen LogP contribution is 2.30. The summed E-state index contributed by atoms with van der Waals surface area (Å²) in [5, 5.41) is 6.73. The maximum Gasteiger partial charge on any atom is 0.263 e. The normalized spacial score (nSPS) is 10.5. The Morgan fingerprint density at radius 1 is 1.03 bits per heavy atom. The van der Waals surface area contributed by atoms with Gasteiger partial charge in [-0.3, -0.25) is 4.79 Å². The van der Waals surface area contributed by atoms with Crippen molar-refractivity contribution in [3.8, 4) is 28.6 Å². The van der Waals surface area contributed by atoms with Crippen molar-refractivity contribution >= 4 is 11.7 Å². The molecule has 7 heteroatoms. The molecule has 144 valence electrons. The fourth-order valence-corrected chi connectivity index (χ4v) is 2.68. The Kier molecular flexibility index (Phi) is 5.29. The summed E-state index contributed by atoms with van der Waals surface area (Å²) in [6.07, 6.45) is 1.60. The Balaban J connectivity index is 1.48. The summed E-state index contributed by atoms with van der Waals surface area (Å²) in [6, 6.07) is 20.3. The third kappa shape index (κ3) is 4.47. The maximum absolute atomic E-state index is 12.1. The van der Waals surface area contributed by atoms with Crippen LogP contribution in [0.25, 0.3) is 22.8 Å². The van der Waals surface area contributed by atoms with Crippen LogP contribution in [0.5, 0.6) is 5.75 Å². The molecule has 2 aromatic carbocycles. The molecular formula is C22H18N4O3. The number of amides is 1. The zero-order chi connectivity index (χ0) is 20.1. The van der Waals surface area contributed by atoms with Crippen molar-refractivity contribution in [2.45, 2.75) is 6.92 Å². The number of carbonyl (C=O) groups excluding carboxylic acids is 1. The van der Waals surface area contributed by atoms with Crippen molar-refractivity contribution in [3.05, 3.63) is 78.5 Å². The van der Waals surface area contributed by atoms with Gasteiger partial charge in [0.1, 0.15) is 11.6 Å². The lowest BCUT2D eigenvalue weighted by Crippen LogP contribution is -2.20. The number of rotatable bonds is 6. The number of para-hydroxylation sites is 1. The first-order chi connectivity index (χ1) is 14.2. The van der Waals surface area contributed by atoms with Gasteiger partial charge in [0.2, 0.25) is 5.82 Å². The lowest BCUT2D eigenvalue weighted by atomic mass is 10.1. The second-order valence-corrected chi connectivity index (χ2v) is 6.34. The SMILES string of the molecule is Cc1ccc(-c2noc(-c3ccccc3OCC(=O)Nc3ccccn3)n2)cc1.